The van der Waals surface area contributed by atoms with Gasteiger partial charge in [0.15, 0.2) is 6.10 Å². The van der Waals surface area contributed by atoms with Gasteiger partial charge >= 0.3 is 12.0 Å². The Balaban J connectivity index is 2.30. The van der Waals surface area contributed by atoms with Gasteiger partial charge in [0.2, 0.25) is 0 Å². The van der Waals surface area contributed by atoms with Crippen molar-refractivity contribution >= 4 is 17.9 Å². The number of carbonyl (C=O) groups excluding carboxylic acids is 3. The van der Waals surface area contributed by atoms with Crippen molar-refractivity contribution in [3.63, 3.8) is 0 Å². The molecule has 1 aromatic carbocycles. The second kappa shape index (κ2) is 7.81. The molecule has 8 nitrogen and oxygen atoms in total. The molecule has 0 unspecified atom stereocenters. The van der Waals surface area contributed by atoms with E-state index < -0.39 is 24.0 Å². The molecule has 2 aromatic rings. The maximum Gasteiger partial charge on any atom is 0.342 e. The van der Waals surface area contributed by atoms with Crippen LogP contribution in [0.25, 0.3) is 5.69 Å². The molecule has 3 N–H and O–H groups in total. The smallest absolute Gasteiger partial charge is 0.342 e. The van der Waals surface area contributed by atoms with E-state index in [0.29, 0.717) is 11.4 Å². The summed E-state index contributed by atoms with van der Waals surface area (Å²) in [5.74, 6) is -1.78. The molecular weight excluding hydrogens is 336 g/mol. The van der Waals surface area contributed by atoms with Crippen LogP contribution in [0.15, 0.2) is 30.3 Å². The molecular formula is C18H22N4O4. The van der Waals surface area contributed by atoms with Crippen LogP contribution in [0.3, 0.4) is 0 Å². The second-order valence-electron chi connectivity index (χ2n) is 6.22. The fraction of sp³-hybridized carbons (Fsp3) is 0.333. The summed E-state index contributed by atoms with van der Waals surface area (Å²) in [7, 11) is 0. The summed E-state index contributed by atoms with van der Waals surface area (Å²) in [6.45, 7) is 6.84. The molecule has 0 bridgehead atoms. The number of nitrogens with one attached hydrogen (secondary N) is 1. The van der Waals surface area contributed by atoms with Crippen LogP contribution in [-0.2, 0) is 9.53 Å². The quantitative estimate of drug-likeness (QED) is 0.792. The largest absolute Gasteiger partial charge is 0.448 e. The first kappa shape index (κ1) is 19.2. The van der Waals surface area contributed by atoms with Crippen LogP contribution >= 0.6 is 0 Å². The van der Waals surface area contributed by atoms with Gasteiger partial charge in [-0.1, -0.05) is 32.0 Å². The molecule has 2 rings (SSSR count). The summed E-state index contributed by atoms with van der Waals surface area (Å²) in [4.78, 5) is 35.6. The summed E-state index contributed by atoms with van der Waals surface area (Å²) in [5, 5.41) is 6.33. The van der Waals surface area contributed by atoms with Gasteiger partial charge in [0.25, 0.3) is 5.91 Å². The molecule has 138 valence electrons. The number of aryl methyl sites for hydroxylation is 1. The lowest BCUT2D eigenvalue weighted by atomic mass is 10.1. The van der Waals surface area contributed by atoms with Crippen molar-refractivity contribution in [2.45, 2.75) is 33.8 Å². The number of benzene rings is 1. The lowest BCUT2D eigenvalue weighted by molar-refractivity contribution is -0.130. The zero-order valence-electron chi connectivity index (χ0n) is 15.1. The molecule has 1 atom stereocenters. The van der Waals surface area contributed by atoms with Crippen molar-refractivity contribution in [2.24, 2.45) is 11.7 Å². The molecule has 0 radical (unpaired) electrons. The highest BCUT2D eigenvalue weighted by Gasteiger charge is 2.30. The van der Waals surface area contributed by atoms with E-state index in [4.69, 9.17) is 10.5 Å². The Hall–Kier alpha value is -3.16. The number of aromatic nitrogens is 2. The number of hydrogen-bond donors (Lipinski definition) is 2. The highest BCUT2D eigenvalue weighted by atomic mass is 16.5. The number of imide groups is 1. The number of carbonyl (C=O) groups is 3. The van der Waals surface area contributed by atoms with Gasteiger partial charge in [-0.05, 0) is 31.9 Å². The number of esters is 1. The average molecular weight is 358 g/mol. The van der Waals surface area contributed by atoms with Crippen LogP contribution in [0.5, 0.6) is 0 Å². The molecule has 0 aliphatic carbocycles. The van der Waals surface area contributed by atoms with Crippen LogP contribution in [0.1, 0.15) is 35.6 Å². The van der Waals surface area contributed by atoms with E-state index >= 15 is 0 Å². The van der Waals surface area contributed by atoms with Crippen LogP contribution in [-0.4, -0.2) is 33.8 Å². The molecule has 0 aliphatic heterocycles. The molecule has 26 heavy (non-hydrogen) atoms. The minimum atomic E-state index is -1.14. The summed E-state index contributed by atoms with van der Waals surface area (Å²) >= 11 is 0. The molecule has 0 fully saturated rings. The molecule has 0 aliphatic rings. The van der Waals surface area contributed by atoms with Crippen molar-refractivity contribution in [2.75, 3.05) is 0 Å². The topological polar surface area (TPSA) is 116 Å². The Morgan fingerprint density at radius 3 is 2.31 bits per heavy atom. The van der Waals surface area contributed by atoms with E-state index in [9.17, 15) is 14.4 Å². The number of ether oxygens (including phenoxy) is 1. The van der Waals surface area contributed by atoms with Crippen molar-refractivity contribution in [1.82, 2.24) is 15.1 Å². The summed E-state index contributed by atoms with van der Waals surface area (Å²) in [5.41, 5.74) is 7.13. The van der Waals surface area contributed by atoms with E-state index in [1.165, 1.54) is 0 Å². The summed E-state index contributed by atoms with van der Waals surface area (Å²) in [6, 6.07) is 8.35. The number of rotatable bonds is 5. The van der Waals surface area contributed by atoms with Crippen LogP contribution in [0.4, 0.5) is 4.79 Å². The van der Waals surface area contributed by atoms with E-state index in [1.54, 1.807) is 32.4 Å². The van der Waals surface area contributed by atoms with Crippen molar-refractivity contribution in [1.29, 1.82) is 0 Å². The van der Waals surface area contributed by atoms with Crippen molar-refractivity contribution in [3.8, 4) is 5.69 Å². The third kappa shape index (κ3) is 4.08. The number of hydrogen-bond acceptors (Lipinski definition) is 5. The minimum Gasteiger partial charge on any atom is -0.448 e. The Labute approximate surface area is 151 Å². The minimum absolute atomic E-state index is 0.284. The molecule has 3 amide bonds. The summed E-state index contributed by atoms with van der Waals surface area (Å²) < 4.78 is 7.00. The van der Waals surface area contributed by atoms with Gasteiger partial charge in [-0.2, -0.15) is 5.10 Å². The second-order valence-corrected chi connectivity index (χ2v) is 6.22. The first-order valence-corrected chi connectivity index (χ1v) is 8.15. The van der Waals surface area contributed by atoms with Crippen LogP contribution in [0.2, 0.25) is 0 Å². The van der Waals surface area contributed by atoms with E-state index in [2.05, 4.69) is 5.10 Å². The zero-order chi connectivity index (χ0) is 19.4. The first-order chi connectivity index (χ1) is 12.2. The molecule has 8 heteroatoms. The lowest BCUT2D eigenvalue weighted by Crippen LogP contribution is -2.45. The average Bonchev–Trinajstić information content (AvgIpc) is 2.87. The number of primary amides is 1. The number of amides is 3. The Morgan fingerprint density at radius 2 is 1.77 bits per heavy atom. The molecule has 0 saturated heterocycles. The maximum atomic E-state index is 12.7. The molecule has 0 spiro atoms. The van der Waals surface area contributed by atoms with Gasteiger partial charge in [0, 0.05) is 0 Å². The molecule has 1 heterocycles. The standard InChI is InChI=1S/C18H22N4O4/c1-10(2)15(16(23)20-18(19)25)26-17(24)14-11(3)21-22(12(14)4)13-8-6-5-7-9-13/h5-10,15H,1-4H3,(H3,19,20,23,25)/t15-/m1/s1. The highest BCUT2D eigenvalue weighted by molar-refractivity contribution is 5.99. The van der Waals surface area contributed by atoms with Gasteiger partial charge in [-0.15, -0.1) is 0 Å². The Kier molecular flexibility index (Phi) is 5.76. The SMILES string of the molecule is Cc1nn(-c2ccccc2)c(C)c1C(=O)O[C@@H](C(=O)NC(N)=O)C(C)C. The van der Waals surface area contributed by atoms with E-state index in [-0.39, 0.29) is 11.5 Å². The maximum absolute atomic E-state index is 12.7. The predicted molar refractivity (Wildman–Crippen MR) is 94.8 cm³/mol. The molecule has 0 saturated carbocycles. The predicted octanol–water partition coefficient (Wildman–Crippen LogP) is 1.87. The fourth-order valence-corrected chi connectivity index (χ4v) is 2.62. The van der Waals surface area contributed by atoms with Crippen molar-refractivity contribution in [3.05, 3.63) is 47.3 Å². The number of para-hydroxylation sites is 1. The monoisotopic (exact) mass is 358 g/mol. The fourth-order valence-electron chi connectivity index (χ4n) is 2.62. The van der Waals surface area contributed by atoms with Crippen molar-refractivity contribution < 1.29 is 19.1 Å². The first-order valence-electron chi connectivity index (χ1n) is 8.15. The summed E-state index contributed by atoms with van der Waals surface area (Å²) in [6.07, 6.45) is -1.14. The third-order valence-corrected chi connectivity index (χ3v) is 3.84. The van der Waals surface area contributed by atoms with E-state index in [0.717, 1.165) is 5.69 Å². The van der Waals surface area contributed by atoms with E-state index in [1.807, 2.05) is 35.6 Å². The van der Waals surface area contributed by atoms with Gasteiger partial charge in [-0.25, -0.2) is 14.3 Å². The van der Waals surface area contributed by atoms with Gasteiger partial charge < -0.3 is 10.5 Å². The van der Waals surface area contributed by atoms with Crippen LogP contribution in [0, 0.1) is 19.8 Å². The zero-order valence-corrected chi connectivity index (χ0v) is 15.1. The van der Waals surface area contributed by atoms with Gasteiger partial charge in [-0.3, -0.25) is 10.1 Å². The van der Waals surface area contributed by atoms with Gasteiger partial charge in [0.1, 0.15) is 5.56 Å². The third-order valence-electron chi connectivity index (χ3n) is 3.84. The lowest BCUT2D eigenvalue weighted by Gasteiger charge is -2.19. The normalized spacial score (nSPS) is 11.9. The Morgan fingerprint density at radius 1 is 1.15 bits per heavy atom. The highest BCUT2D eigenvalue weighted by Crippen LogP contribution is 2.20. The number of urea groups is 1. The molecule has 1 aromatic heterocycles. The number of nitrogens with two attached hydrogens (primary N) is 1. The van der Waals surface area contributed by atoms with Gasteiger partial charge in [0.05, 0.1) is 17.1 Å². The Bertz CT molecular complexity index is 827. The number of nitrogens with zero attached hydrogens (tertiary/aromatic N) is 2. The van der Waals surface area contributed by atoms with Crippen LogP contribution < -0.4 is 11.1 Å².